The summed E-state index contributed by atoms with van der Waals surface area (Å²) in [6.07, 6.45) is 0.840. The van der Waals surface area contributed by atoms with Crippen LogP contribution in [-0.4, -0.2) is 97.4 Å². The number of amides is 3. The first-order chi connectivity index (χ1) is 15.9. The Morgan fingerprint density at radius 3 is 2.44 bits per heavy atom. The standard InChI is InChI=1S/C21H26FN5O6S/c1-25(2)34(32,33)12-16(28)26(3)15-5-4-10-27-19(15)24-17(18(29)21(27)31)20(30)23-11-13-6-8-14(22)9-7-13/h6-9,15,17H,4-5,10-12H2,1-3H3,(H,23,30). The first-order valence-electron chi connectivity index (χ1n) is 10.5. The minimum Gasteiger partial charge on any atom is -0.350 e. The first kappa shape index (κ1) is 25.4. The van der Waals surface area contributed by atoms with Crippen molar-refractivity contribution in [2.45, 2.75) is 31.5 Å². The lowest BCUT2D eigenvalue weighted by Gasteiger charge is -2.41. The van der Waals surface area contributed by atoms with E-state index in [0.29, 0.717) is 18.4 Å². The van der Waals surface area contributed by atoms with Gasteiger partial charge in [0.15, 0.2) is 6.04 Å². The van der Waals surface area contributed by atoms with Crippen molar-refractivity contribution < 1.29 is 32.0 Å². The quantitative estimate of drug-likeness (QED) is 0.386. The van der Waals surface area contributed by atoms with Gasteiger partial charge in [0.2, 0.25) is 15.9 Å². The molecule has 2 aliphatic rings. The lowest BCUT2D eigenvalue weighted by atomic mass is 9.98. The Hall–Kier alpha value is -3.19. The number of ketones is 1. The molecule has 0 spiro atoms. The molecule has 3 rings (SSSR count). The summed E-state index contributed by atoms with van der Waals surface area (Å²) in [7, 11) is 0.217. The van der Waals surface area contributed by atoms with Crippen LogP contribution in [-0.2, 0) is 35.7 Å². The van der Waals surface area contributed by atoms with E-state index in [1.165, 1.54) is 50.3 Å². The fraction of sp³-hybridized carbons (Fsp3) is 0.476. The van der Waals surface area contributed by atoms with Crippen molar-refractivity contribution in [3.05, 3.63) is 35.6 Å². The van der Waals surface area contributed by atoms with Crippen LogP contribution < -0.4 is 5.32 Å². The monoisotopic (exact) mass is 495 g/mol. The third-order valence-electron chi connectivity index (χ3n) is 5.75. The summed E-state index contributed by atoms with van der Waals surface area (Å²) in [6.45, 7) is 0.192. The molecule has 2 unspecified atom stereocenters. The molecular formula is C21H26FN5O6S. The Morgan fingerprint density at radius 2 is 1.82 bits per heavy atom. The minimum absolute atomic E-state index is 0.00410. The van der Waals surface area contributed by atoms with Gasteiger partial charge in [-0.25, -0.2) is 22.1 Å². The van der Waals surface area contributed by atoms with E-state index in [-0.39, 0.29) is 18.9 Å². The number of piperidine rings is 1. The van der Waals surface area contributed by atoms with Gasteiger partial charge >= 0.3 is 0 Å². The molecule has 2 atom stereocenters. The molecule has 1 aromatic carbocycles. The van der Waals surface area contributed by atoms with Crippen molar-refractivity contribution in [3.63, 3.8) is 0 Å². The summed E-state index contributed by atoms with van der Waals surface area (Å²) in [6, 6.07) is 2.99. The van der Waals surface area contributed by atoms with Crippen LogP contribution in [0.4, 0.5) is 4.39 Å². The molecule has 1 fully saturated rings. The number of nitrogens with one attached hydrogen (secondary N) is 1. The number of Topliss-reactive ketones (excluding diaryl/α,β-unsaturated/α-hetero) is 1. The average Bonchev–Trinajstić information content (AvgIpc) is 2.79. The highest BCUT2D eigenvalue weighted by Crippen LogP contribution is 2.23. The second-order valence-corrected chi connectivity index (χ2v) is 10.4. The van der Waals surface area contributed by atoms with Gasteiger partial charge < -0.3 is 10.2 Å². The third kappa shape index (κ3) is 5.30. The van der Waals surface area contributed by atoms with Crippen LogP contribution in [0.2, 0.25) is 0 Å². The van der Waals surface area contributed by atoms with Gasteiger partial charge in [0.1, 0.15) is 17.4 Å². The van der Waals surface area contributed by atoms with Gasteiger partial charge in [-0.2, -0.15) is 0 Å². The van der Waals surface area contributed by atoms with Crippen LogP contribution in [0.25, 0.3) is 0 Å². The van der Waals surface area contributed by atoms with Crippen LogP contribution in [0.3, 0.4) is 0 Å². The average molecular weight is 496 g/mol. The van der Waals surface area contributed by atoms with Gasteiger partial charge in [0.25, 0.3) is 17.6 Å². The predicted octanol–water partition coefficient (Wildman–Crippen LogP) is -0.867. The van der Waals surface area contributed by atoms with Crippen molar-refractivity contribution in [3.8, 4) is 0 Å². The van der Waals surface area contributed by atoms with Gasteiger partial charge in [-0.1, -0.05) is 12.1 Å². The van der Waals surface area contributed by atoms with Crippen LogP contribution in [0.5, 0.6) is 0 Å². The highest BCUT2D eigenvalue weighted by molar-refractivity contribution is 7.89. The SMILES string of the molecule is CN(C(=O)CS(=O)(=O)N(C)C)C1CCCN2C(=O)C(=O)C(C(=O)NCc3ccc(F)cc3)N=C12. The van der Waals surface area contributed by atoms with Crippen molar-refractivity contribution in [2.75, 3.05) is 33.4 Å². The summed E-state index contributed by atoms with van der Waals surface area (Å²) >= 11 is 0. The number of carbonyl (C=O) groups excluding carboxylic acids is 4. The number of carbonyl (C=O) groups is 4. The van der Waals surface area contributed by atoms with Gasteiger partial charge in [-0.05, 0) is 30.5 Å². The molecule has 2 heterocycles. The number of fused-ring (bicyclic) bond motifs is 1. The number of rotatable bonds is 7. The molecule has 1 aromatic rings. The normalized spacial score (nSPS) is 20.6. The van der Waals surface area contributed by atoms with E-state index in [4.69, 9.17) is 0 Å². The number of hydrogen-bond donors (Lipinski definition) is 1. The predicted molar refractivity (Wildman–Crippen MR) is 119 cm³/mol. The fourth-order valence-electron chi connectivity index (χ4n) is 3.66. The van der Waals surface area contributed by atoms with Gasteiger partial charge in [0, 0.05) is 34.2 Å². The Labute approximate surface area is 196 Å². The number of likely N-dealkylation sites (N-methyl/N-ethyl adjacent to an activating group) is 1. The molecule has 1 saturated heterocycles. The van der Waals surface area contributed by atoms with Crippen molar-refractivity contribution in [2.24, 2.45) is 4.99 Å². The number of hydrogen-bond acceptors (Lipinski definition) is 7. The number of sulfonamides is 1. The smallest absolute Gasteiger partial charge is 0.298 e. The molecule has 0 saturated carbocycles. The molecule has 34 heavy (non-hydrogen) atoms. The molecule has 0 aliphatic carbocycles. The summed E-state index contributed by atoms with van der Waals surface area (Å²) in [5.74, 6) is -4.53. The maximum Gasteiger partial charge on any atom is 0.298 e. The Balaban J connectivity index is 1.81. The van der Waals surface area contributed by atoms with E-state index >= 15 is 0 Å². The largest absolute Gasteiger partial charge is 0.350 e. The Bertz CT molecular complexity index is 1130. The lowest BCUT2D eigenvalue weighted by molar-refractivity contribution is -0.146. The van der Waals surface area contributed by atoms with E-state index in [1.807, 2.05) is 0 Å². The maximum absolute atomic E-state index is 13.1. The summed E-state index contributed by atoms with van der Waals surface area (Å²) < 4.78 is 38.2. The molecule has 3 amide bonds. The molecule has 2 aliphatic heterocycles. The van der Waals surface area contributed by atoms with E-state index in [9.17, 15) is 32.0 Å². The highest BCUT2D eigenvalue weighted by Gasteiger charge is 2.45. The van der Waals surface area contributed by atoms with E-state index in [2.05, 4.69) is 10.3 Å². The van der Waals surface area contributed by atoms with Crippen molar-refractivity contribution in [1.29, 1.82) is 0 Å². The number of aliphatic imine (C=N–C) groups is 1. The summed E-state index contributed by atoms with van der Waals surface area (Å²) in [5.41, 5.74) is 0.585. The first-order valence-corrected chi connectivity index (χ1v) is 12.1. The van der Waals surface area contributed by atoms with Gasteiger partial charge in [0.05, 0.1) is 6.04 Å². The maximum atomic E-state index is 13.1. The molecule has 11 nitrogen and oxygen atoms in total. The summed E-state index contributed by atoms with van der Waals surface area (Å²) in [5, 5.41) is 2.52. The van der Waals surface area contributed by atoms with Crippen LogP contribution in [0.15, 0.2) is 29.3 Å². The van der Waals surface area contributed by atoms with Crippen molar-refractivity contribution in [1.82, 2.24) is 19.4 Å². The van der Waals surface area contributed by atoms with E-state index in [0.717, 1.165) is 9.21 Å². The second kappa shape index (κ2) is 9.97. The van der Waals surface area contributed by atoms with Crippen LogP contribution in [0, 0.1) is 5.82 Å². The molecular weight excluding hydrogens is 469 g/mol. The number of amidine groups is 1. The topological polar surface area (TPSA) is 137 Å². The zero-order valence-corrected chi connectivity index (χ0v) is 19.8. The summed E-state index contributed by atoms with van der Waals surface area (Å²) in [4.78, 5) is 57.2. The molecule has 184 valence electrons. The molecule has 0 bridgehead atoms. The zero-order chi connectivity index (χ0) is 25.2. The Morgan fingerprint density at radius 1 is 1.18 bits per heavy atom. The second-order valence-electron chi connectivity index (χ2n) is 8.26. The van der Waals surface area contributed by atoms with Crippen LogP contribution >= 0.6 is 0 Å². The Kier molecular flexibility index (Phi) is 7.46. The number of benzene rings is 1. The van der Waals surface area contributed by atoms with Crippen molar-refractivity contribution >= 4 is 39.4 Å². The van der Waals surface area contributed by atoms with Gasteiger partial charge in [-0.3, -0.25) is 24.1 Å². The molecule has 0 aromatic heterocycles. The molecule has 13 heteroatoms. The minimum atomic E-state index is -3.81. The fourth-order valence-corrected chi connectivity index (χ4v) is 4.44. The van der Waals surface area contributed by atoms with Gasteiger partial charge in [-0.15, -0.1) is 0 Å². The highest BCUT2D eigenvalue weighted by atomic mass is 32.2. The zero-order valence-electron chi connectivity index (χ0n) is 19.0. The molecule has 0 radical (unpaired) electrons. The number of halogens is 1. The lowest BCUT2D eigenvalue weighted by Crippen LogP contribution is -2.62. The van der Waals surface area contributed by atoms with Crippen LogP contribution in [0.1, 0.15) is 18.4 Å². The van der Waals surface area contributed by atoms with E-state index in [1.54, 1.807) is 0 Å². The number of nitrogens with zero attached hydrogens (tertiary/aromatic N) is 4. The molecule has 1 N–H and O–H groups in total. The van der Waals surface area contributed by atoms with E-state index < -0.39 is 57.2 Å². The third-order valence-corrected chi connectivity index (χ3v) is 7.48.